The molecule has 0 saturated carbocycles. The largest absolute Gasteiger partial charge is 0.276 e. The molecule has 2 aromatic heterocycles. The molecule has 4 heteroatoms. The van der Waals surface area contributed by atoms with Gasteiger partial charge in [-0.15, -0.1) is 0 Å². The van der Waals surface area contributed by atoms with Crippen molar-refractivity contribution in [3.8, 4) is 0 Å². The summed E-state index contributed by atoms with van der Waals surface area (Å²) in [6, 6.07) is 22.0. The molecule has 0 aliphatic carbocycles. The van der Waals surface area contributed by atoms with Crippen LogP contribution in [0.15, 0.2) is 78.0 Å². The summed E-state index contributed by atoms with van der Waals surface area (Å²) in [6.45, 7) is 0. The van der Waals surface area contributed by atoms with Crippen molar-refractivity contribution in [3.05, 3.63) is 78.6 Å². The first-order valence-corrected chi connectivity index (χ1v) is 7.39. The molecular formula is C19H14N4. The van der Waals surface area contributed by atoms with Gasteiger partial charge in [-0.1, -0.05) is 42.5 Å². The number of hydrogen-bond acceptors (Lipinski definition) is 4. The molecule has 0 radical (unpaired) electrons. The lowest BCUT2D eigenvalue weighted by molar-refractivity contribution is 1.31. The van der Waals surface area contributed by atoms with Crippen LogP contribution >= 0.6 is 0 Å². The number of anilines is 1. The van der Waals surface area contributed by atoms with Crippen molar-refractivity contribution in [2.24, 2.45) is 5.10 Å². The van der Waals surface area contributed by atoms with Crippen molar-refractivity contribution < 1.29 is 0 Å². The van der Waals surface area contributed by atoms with Gasteiger partial charge in [0.05, 0.1) is 28.6 Å². The third kappa shape index (κ3) is 2.74. The lowest BCUT2D eigenvalue weighted by Gasteiger charge is -2.04. The first kappa shape index (κ1) is 13.4. The van der Waals surface area contributed by atoms with E-state index >= 15 is 0 Å². The van der Waals surface area contributed by atoms with Crippen LogP contribution in [0.2, 0.25) is 0 Å². The molecule has 0 fully saturated rings. The summed E-state index contributed by atoms with van der Waals surface area (Å²) >= 11 is 0. The zero-order valence-electron chi connectivity index (χ0n) is 12.3. The first-order valence-electron chi connectivity index (χ1n) is 7.39. The fourth-order valence-corrected chi connectivity index (χ4v) is 2.52. The fraction of sp³-hybridized carbons (Fsp3) is 0. The number of nitrogens with zero attached hydrogens (tertiary/aromatic N) is 3. The van der Waals surface area contributed by atoms with Crippen LogP contribution in [0, 0.1) is 0 Å². The number of aromatic nitrogens is 2. The molecule has 4 nitrogen and oxygen atoms in total. The maximum atomic E-state index is 4.56. The Bertz CT molecular complexity index is 1000. The van der Waals surface area contributed by atoms with Crippen LogP contribution in [-0.4, -0.2) is 16.2 Å². The quantitative estimate of drug-likeness (QED) is 0.455. The molecule has 2 aromatic carbocycles. The Balaban J connectivity index is 1.60. The Labute approximate surface area is 133 Å². The van der Waals surface area contributed by atoms with E-state index in [0.29, 0.717) is 0 Å². The van der Waals surface area contributed by atoms with Crippen molar-refractivity contribution in [2.45, 2.75) is 0 Å². The van der Waals surface area contributed by atoms with Crippen LogP contribution in [0.4, 0.5) is 5.69 Å². The Kier molecular flexibility index (Phi) is 3.41. The van der Waals surface area contributed by atoms with Gasteiger partial charge in [0.15, 0.2) is 0 Å². The van der Waals surface area contributed by atoms with Crippen molar-refractivity contribution in [1.29, 1.82) is 0 Å². The van der Waals surface area contributed by atoms with E-state index < -0.39 is 0 Å². The van der Waals surface area contributed by atoms with Gasteiger partial charge in [0.2, 0.25) is 0 Å². The normalized spacial score (nSPS) is 11.3. The molecule has 4 aromatic rings. The van der Waals surface area contributed by atoms with Gasteiger partial charge in [0, 0.05) is 17.0 Å². The number of benzene rings is 2. The molecule has 23 heavy (non-hydrogen) atoms. The Morgan fingerprint density at radius 2 is 1.70 bits per heavy atom. The van der Waals surface area contributed by atoms with Crippen LogP contribution in [0.1, 0.15) is 5.69 Å². The van der Waals surface area contributed by atoms with Gasteiger partial charge >= 0.3 is 0 Å². The average Bonchev–Trinajstić information content (AvgIpc) is 2.62. The molecule has 0 aliphatic heterocycles. The summed E-state index contributed by atoms with van der Waals surface area (Å²) in [4.78, 5) is 8.96. The van der Waals surface area contributed by atoms with Gasteiger partial charge in [0.25, 0.3) is 0 Å². The van der Waals surface area contributed by atoms with Crippen molar-refractivity contribution >= 4 is 33.7 Å². The molecule has 0 aliphatic rings. The lowest BCUT2D eigenvalue weighted by atomic mass is 10.2. The van der Waals surface area contributed by atoms with Gasteiger partial charge in [-0.05, 0) is 24.3 Å². The van der Waals surface area contributed by atoms with Crippen LogP contribution < -0.4 is 5.43 Å². The van der Waals surface area contributed by atoms with Crippen LogP contribution in [0.3, 0.4) is 0 Å². The van der Waals surface area contributed by atoms with E-state index in [0.717, 1.165) is 33.2 Å². The van der Waals surface area contributed by atoms with E-state index in [9.17, 15) is 0 Å². The van der Waals surface area contributed by atoms with Crippen molar-refractivity contribution in [3.63, 3.8) is 0 Å². The maximum Gasteiger partial charge on any atom is 0.0951 e. The Morgan fingerprint density at radius 3 is 2.70 bits per heavy atom. The first-order chi connectivity index (χ1) is 11.4. The maximum absolute atomic E-state index is 4.56. The van der Waals surface area contributed by atoms with E-state index in [-0.39, 0.29) is 0 Å². The molecule has 0 saturated heterocycles. The number of hydrogen-bond donors (Lipinski definition) is 1. The van der Waals surface area contributed by atoms with E-state index in [4.69, 9.17) is 0 Å². The SMILES string of the molecule is C(=N\Nc1cccc2cccnc12)/c1ccc2ccccc2n1. The van der Waals surface area contributed by atoms with E-state index in [2.05, 4.69) is 20.5 Å². The predicted octanol–water partition coefficient (Wildman–Crippen LogP) is 4.23. The van der Waals surface area contributed by atoms with Gasteiger partial charge in [-0.25, -0.2) is 4.98 Å². The molecule has 1 N–H and O–H groups in total. The average molecular weight is 298 g/mol. The molecule has 0 spiro atoms. The molecule has 0 unspecified atom stereocenters. The standard InChI is InChI=1S/C19H14N4/c1-2-8-17-14(5-1)10-11-16(22-17)13-21-23-18-9-3-6-15-7-4-12-20-19(15)18/h1-13,23H/b21-13+. The monoisotopic (exact) mass is 298 g/mol. The zero-order chi connectivity index (χ0) is 15.5. The predicted molar refractivity (Wildman–Crippen MR) is 94.7 cm³/mol. The van der Waals surface area contributed by atoms with Gasteiger partial charge < -0.3 is 0 Å². The minimum Gasteiger partial charge on any atom is -0.276 e. The van der Waals surface area contributed by atoms with Crippen molar-refractivity contribution in [1.82, 2.24) is 9.97 Å². The number of para-hydroxylation sites is 2. The second-order valence-corrected chi connectivity index (χ2v) is 5.18. The van der Waals surface area contributed by atoms with Crippen molar-refractivity contribution in [2.75, 3.05) is 5.43 Å². The molecule has 0 bridgehead atoms. The molecule has 0 amide bonds. The molecule has 4 rings (SSSR count). The topological polar surface area (TPSA) is 50.2 Å². The highest BCUT2D eigenvalue weighted by atomic mass is 15.3. The number of nitrogens with one attached hydrogen (secondary N) is 1. The summed E-state index contributed by atoms with van der Waals surface area (Å²) in [5.41, 5.74) is 6.60. The van der Waals surface area contributed by atoms with Crippen LogP contribution in [0.25, 0.3) is 21.8 Å². The second-order valence-electron chi connectivity index (χ2n) is 5.18. The minimum atomic E-state index is 0.810. The highest BCUT2D eigenvalue weighted by molar-refractivity contribution is 5.91. The smallest absolute Gasteiger partial charge is 0.0951 e. The van der Waals surface area contributed by atoms with Gasteiger partial charge in [0.1, 0.15) is 0 Å². The fourth-order valence-electron chi connectivity index (χ4n) is 2.52. The Morgan fingerprint density at radius 1 is 0.826 bits per heavy atom. The van der Waals surface area contributed by atoms with Crippen LogP contribution in [-0.2, 0) is 0 Å². The molecule has 2 heterocycles. The second kappa shape index (κ2) is 5.85. The summed E-state index contributed by atoms with van der Waals surface area (Å²) in [6.07, 6.45) is 3.50. The molecule has 0 atom stereocenters. The highest BCUT2D eigenvalue weighted by Gasteiger charge is 2.00. The number of fused-ring (bicyclic) bond motifs is 2. The van der Waals surface area contributed by atoms with Crippen LogP contribution in [0.5, 0.6) is 0 Å². The van der Waals surface area contributed by atoms with E-state index in [1.807, 2.05) is 66.7 Å². The summed E-state index contributed by atoms with van der Waals surface area (Å²) in [5.74, 6) is 0. The molecule has 110 valence electrons. The number of rotatable bonds is 3. The number of hydrazone groups is 1. The van der Waals surface area contributed by atoms with E-state index in [1.165, 1.54) is 0 Å². The molecular weight excluding hydrogens is 284 g/mol. The minimum absolute atomic E-state index is 0.810. The highest BCUT2D eigenvalue weighted by Crippen LogP contribution is 2.20. The third-order valence-corrected chi connectivity index (χ3v) is 3.63. The summed E-state index contributed by atoms with van der Waals surface area (Å²) in [7, 11) is 0. The van der Waals surface area contributed by atoms with Gasteiger partial charge in [-0.3, -0.25) is 10.4 Å². The summed E-state index contributed by atoms with van der Waals surface area (Å²) < 4.78 is 0. The summed E-state index contributed by atoms with van der Waals surface area (Å²) in [5, 5.41) is 6.49. The van der Waals surface area contributed by atoms with E-state index in [1.54, 1.807) is 12.4 Å². The number of pyridine rings is 2. The van der Waals surface area contributed by atoms with Gasteiger partial charge in [-0.2, -0.15) is 5.10 Å². The lowest BCUT2D eigenvalue weighted by Crippen LogP contribution is -1.94. The Hall–Kier alpha value is -3.27. The zero-order valence-corrected chi connectivity index (χ0v) is 12.3. The third-order valence-electron chi connectivity index (χ3n) is 3.63.